The molecule has 1 aliphatic rings. The molecule has 2 rings (SSSR count). The molecule has 1 heterocycles. The van der Waals surface area contributed by atoms with Gasteiger partial charge in [-0.1, -0.05) is 30.3 Å². The minimum Gasteiger partial charge on any atom is -0.381 e. The first kappa shape index (κ1) is 22.7. The zero-order valence-corrected chi connectivity index (χ0v) is 17.8. The van der Waals surface area contributed by atoms with Crippen molar-refractivity contribution >= 4 is 5.96 Å². The molecule has 6 nitrogen and oxygen atoms in total. The second kappa shape index (κ2) is 13.5. The second-order valence-corrected chi connectivity index (χ2v) is 7.67. The molecule has 1 aromatic rings. The predicted molar refractivity (Wildman–Crippen MR) is 116 cm³/mol. The van der Waals surface area contributed by atoms with Crippen molar-refractivity contribution in [1.82, 2.24) is 15.5 Å². The van der Waals surface area contributed by atoms with Crippen LogP contribution in [-0.2, 0) is 15.9 Å². The second-order valence-electron chi connectivity index (χ2n) is 7.67. The summed E-state index contributed by atoms with van der Waals surface area (Å²) in [5.41, 5.74) is 1.35. The van der Waals surface area contributed by atoms with Gasteiger partial charge in [0, 0.05) is 52.6 Å². The van der Waals surface area contributed by atoms with E-state index in [1.807, 2.05) is 7.05 Å². The van der Waals surface area contributed by atoms with Crippen molar-refractivity contribution in [2.75, 3.05) is 60.7 Å². The lowest BCUT2D eigenvalue weighted by molar-refractivity contribution is 0.0203. The van der Waals surface area contributed by atoms with E-state index in [0.29, 0.717) is 12.0 Å². The summed E-state index contributed by atoms with van der Waals surface area (Å²) in [7, 11) is 6.07. The lowest BCUT2D eigenvalue weighted by Crippen LogP contribution is -2.46. The number of rotatable bonds is 11. The van der Waals surface area contributed by atoms with Crippen molar-refractivity contribution in [1.29, 1.82) is 0 Å². The molecule has 158 valence electrons. The van der Waals surface area contributed by atoms with E-state index in [2.05, 4.69) is 65.0 Å². The Morgan fingerprint density at radius 3 is 2.64 bits per heavy atom. The van der Waals surface area contributed by atoms with Gasteiger partial charge in [0.1, 0.15) is 0 Å². The monoisotopic (exact) mass is 390 g/mol. The van der Waals surface area contributed by atoms with E-state index >= 15 is 0 Å². The van der Waals surface area contributed by atoms with Gasteiger partial charge < -0.3 is 25.0 Å². The molecule has 1 aromatic carbocycles. The number of benzene rings is 1. The van der Waals surface area contributed by atoms with Gasteiger partial charge in [0.05, 0.1) is 0 Å². The normalized spacial score (nSPS) is 16.9. The minimum atomic E-state index is 0.406. The van der Waals surface area contributed by atoms with Crippen LogP contribution < -0.4 is 10.6 Å². The van der Waals surface area contributed by atoms with Gasteiger partial charge in [0.15, 0.2) is 5.96 Å². The van der Waals surface area contributed by atoms with E-state index < -0.39 is 0 Å². The third-order valence-corrected chi connectivity index (χ3v) is 5.23. The molecule has 2 N–H and O–H groups in total. The Labute approximate surface area is 170 Å². The Kier molecular flexibility index (Phi) is 10.9. The van der Waals surface area contributed by atoms with Crippen LogP contribution in [0.4, 0.5) is 0 Å². The van der Waals surface area contributed by atoms with Crippen molar-refractivity contribution in [3.8, 4) is 0 Å². The molecule has 0 spiro atoms. The first-order valence-corrected chi connectivity index (χ1v) is 10.5. The molecular formula is C22H38N4O2. The zero-order chi connectivity index (χ0) is 20.0. The van der Waals surface area contributed by atoms with Crippen LogP contribution in [-0.4, -0.2) is 77.6 Å². The fraction of sp³-hybridized carbons (Fsp3) is 0.682. The maximum Gasteiger partial charge on any atom is 0.191 e. The van der Waals surface area contributed by atoms with Crippen LogP contribution in [0, 0.1) is 5.92 Å². The maximum absolute atomic E-state index is 5.82. The average Bonchev–Trinajstić information content (AvgIpc) is 2.73. The van der Waals surface area contributed by atoms with Crippen LogP contribution >= 0.6 is 0 Å². The van der Waals surface area contributed by atoms with E-state index in [4.69, 9.17) is 9.47 Å². The molecule has 0 aromatic heterocycles. The highest BCUT2D eigenvalue weighted by Gasteiger charge is 2.14. The van der Waals surface area contributed by atoms with Crippen molar-refractivity contribution in [3.63, 3.8) is 0 Å². The minimum absolute atomic E-state index is 0.406. The summed E-state index contributed by atoms with van der Waals surface area (Å²) < 4.78 is 11.2. The van der Waals surface area contributed by atoms with E-state index in [1.54, 1.807) is 0 Å². The quantitative estimate of drug-likeness (QED) is 0.344. The molecule has 6 heteroatoms. The molecule has 0 amide bonds. The van der Waals surface area contributed by atoms with Gasteiger partial charge in [0.2, 0.25) is 0 Å². The van der Waals surface area contributed by atoms with Crippen LogP contribution in [0.15, 0.2) is 35.3 Å². The van der Waals surface area contributed by atoms with E-state index in [9.17, 15) is 0 Å². The molecule has 0 aliphatic carbocycles. The summed E-state index contributed by atoms with van der Waals surface area (Å²) in [4.78, 5) is 6.60. The van der Waals surface area contributed by atoms with Crippen molar-refractivity contribution in [2.24, 2.45) is 10.9 Å². The number of guanidine groups is 1. The molecule has 1 aliphatic heterocycles. The molecule has 0 saturated carbocycles. The highest BCUT2D eigenvalue weighted by Crippen LogP contribution is 2.14. The van der Waals surface area contributed by atoms with Gasteiger partial charge in [-0.3, -0.25) is 4.99 Å². The Bertz CT molecular complexity index is 545. The predicted octanol–water partition coefficient (Wildman–Crippen LogP) is 2.16. The Morgan fingerprint density at radius 2 is 1.96 bits per heavy atom. The first-order chi connectivity index (χ1) is 13.7. The molecule has 1 saturated heterocycles. The number of hydrogen-bond donors (Lipinski definition) is 2. The Morgan fingerprint density at radius 1 is 1.21 bits per heavy atom. The third-order valence-electron chi connectivity index (χ3n) is 5.23. The zero-order valence-electron chi connectivity index (χ0n) is 17.8. The lowest BCUT2D eigenvalue weighted by atomic mass is 10.0. The van der Waals surface area contributed by atoms with E-state index in [-0.39, 0.29) is 0 Å². The lowest BCUT2D eigenvalue weighted by Gasteiger charge is -2.25. The number of hydrogen-bond acceptors (Lipinski definition) is 4. The summed E-state index contributed by atoms with van der Waals surface area (Å²) >= 11 is 0. The van der Waals surface area contributed by atoms with E-state index in [1.165, 1.54) is 5.56 Å². The maximum atomic E-state index is 5.82. The Balaban J connectivity index is 1.60. The van der Waals surface area contributed by atoms with Crippen LogP contribution in [0.1, 0.15) is 24.8 Å². The number of nitrogens with zero attached hydrogens (tertiary/aromatic N) is 2. The standard InChI is InChI=1S/C22H38N4O2/c1-23-22(24-12-7-13-28-18-20-10-14-27-15-11-20)25-17-21(26(2)3)16-19-8-5-4-6-9-19/h4-6,8-9,20-21H,7,10-18H2,1-3H3,(H2,23,24,25). The van der Waals surface area contributed by atoms with Gasteiger partial charge in [-0.25, -0.2) is 0 Å². The van der Waals surface area contributed by atoms with Crippen LogP contribution in [0.5, 0.6) is 0 Å². The summed E-state index contributed by atoms with van der Waals surface area (Å²) in [5.74, 6) is 1.52. The van der Waals surface area contributed by atoms with Crippen LogP contribution in [0.25, 0.3) is 0 Å². The number of ether oxygens (including phenoxy) is 2. The smallest absolute Gasteiger partial charge is 0.191 e. The van der Waals surface area contributed by atoms with Crippen molar-refractivity contribution in [2.45, 2.75) is 31.7 Å². The topological polar surface area (TPSA) is 58.1 Å². The van der Waals surface area contributed by atoms with Crippen molar-refractivity contribution < 1.29 is 9.47 Å². The highest BCUT2D eigenvalue weighted by molar-refractivity contribution is 5.79. The molecule has 28 heavy (non-hydrogen) atoms. The SMILES string of the molecule is CN=C(NCCCOCC1CCOCC1)NCC(Cc1ccccc1)N(C)C. The summed E-state index contributed by atoms with van der Waals surface area (Å²) in [5, 5.41) is 6.84. The largest absolute Gasteiger partial charge is 0.381 e. The molecule has 1 atom stereocenters. The molecule has 1 unspecified atom stereocenters. The summed E-state index contributed by atoms with van der Waals surface area (Å²) in [6.45, 7) is 5.13. The van der Waals surface area contributed by atoms with Gasteiger partial charge in [-0.05, 0) is 51.3 Å². The number of nitrogens with one attached hydrogen (secondary N) is 2. The average molecular weight is 391 g/mol. The fourth-order valence-electron chi connectivity index (χ4n) is 3.30. The van der Waals surface area contributed by atoms with Gasteiger partial charge in [0.25, 0.3) is 0 Å². The molecule has 0 bridgehead atoms. The third kappa shape index (κ3) is 9.04. The van der Waals surface area contributed by atoms with Gasteiger partial charge >= 0.3 is 0 Å². The van der Waals surface area contributed by atoms with Gasteiger partial charge in [-0.15, -0.1) is 0 Å². The molecular weight excluding hydrogens is 352 g/mol. The number of aliphatic imine (C=N–C) groups is 1. The number of likely N-dealkylation sites (N-methyl/N-ethyl adjacent to an activating group) is 1. The summed E-state index contributed by atoms with van der Waals surface area (Å²) in [6.07, 6.45) is 4.25. The molecule has 0 radical (unpaired) electrons. The molecule has 1 fully saturated rings. The fourth-order valence-corrected chi connectivity index (χ4v) is 3.30. The van der Waals surface area contributed by atoms with Gasteiger partial charge in [-0.2, -0.15) is 0 Å². The first-order valence-electron chi connectivity index (χ1n) is 10.5. The van der Waals surface area contributed by atoms with E-state index in [0.717, 1.165) is 71.2 Å². The van der Waals surface area contributed by atoms with Crippen molar-refractivity contribution in [3.05, 3.63) is 35.9 Å². The highest BCUT2D eigenvalue weighted by atomic mass is 16.5. The Hall–Kier alpha value is -1.63. The van der Waals surface area contributed by atoms with Crippen LogP contribution in [0.3, 0.4) is 0 Å². The van der Waals surface area contributed by atoms with Crippen LogP contribution in [0.2, 0.25) is 0 Å². The summed E-state index contributed by atoms with van der Waals surface area (Å²) in [6, 6.07) is 11.0.